The van der Waals surface area contributed by atoms with Crippen molar-refractivity contribution in [2.45, 2.75) is 19.4 Å². The fourth-order valence-corrected chi connectivity index (χ4v) is 1.98. The maximum Gasteiger partial charge on any atom is 0.161 e. The van der Waals surface area contributed by atoms with Gasteiger partial charge in [0.05, 0.1) is 7.11 Å². The number of ether oxygens (including phenoxy) is 2. The molecule has 106 valence electrons. The van der Waals surface area contributed by atoms with Crippen molar-refractivity contribution < 1.29 is 9.47 Å². The van der Waals surface area contributed by atoms with Crippen LogP contribution in [0.3, 0.4) is 0 Å². The van der Waals surface area contributed by atoms with Gasteiger partial charge in [-0.3, -0.25) is 0 Å². The fraction of sp³-hybridized carbons (Fsp3) is 0.294. The number of benzene rings is 2. The van der Waals surface area contributed by atoms with E-state index in [0.29, 0.717) is 19.1 Å². The molecule has 0 aliphatic heterocycles. The zero-order chi connectivity index (χ0) is 14.4. The fourth-order valence-electron chi connectivity index (χ4n) is 1.98. The van der Waals surface area contributed by atoms with Crippen molar-refractivity contribution in [1.29, 1.82) is 0 Å². The molecule has 0 saturated heterocycles. The first-order chi connectivity index (χ1) is 9.74. The van der Waals surface area contributed by atoms with E-state index in [0.717, 1.165) is 22.6 Å². The molecule has 3 nitrogen and oxygen atoms in total. The molecule has 0 saturated carbocycles. The van der Waals surface area contributed by atoms with Crippen LogP contribution in [0.15, 0.2) is 48.5 Å². The topological polar surface area (TPSA) is 44.5 Å². The Morgan fingerprint density at radius 1 is 1.05 bits per heavy atom. The monoisotopic (exact) mass is 271 g/mol. The van der Waals surface area contributed by atoms with Gasteiger partial charge in [-0.05, 0) is 35.7 Å². The average Bonchev–Trinajstić information content (AvgIpc) is 2.53. The van der Waals surface area contributed by atoms with Gasteiger partial charge in [-0.25, -0.2) is 0 Å². The highest BCUT2D eigenvalue weighted by atomic mass is 16.5. The van der Waals surface area contributed by atoms with E-state index in [1.807, 2.05) is 48.5 Å². The Kier molecular flexibility index (Phi) is 5.02. The molecule has 0 radical (unpaired) electrons. The minimum Gasteiger partial charge on any atom is -0.493 e. The van der Waals surface area contributed by atoms with Crippen molar-refractivity contribution in [1.82, 2.24) is 0 Å². The highest BCUT2D eigenvalue weighted by Crippen LogP contribution is 2.31. The van der Waals surface area contributed by atoms with E-state index in [9.17, 15) is 0 Å². The third kappa shape index (κ3) is 3.52. The summed E-state index contributed by atoms with van der Waals surface area (Å²) in [6.07, 6.45) is 0. The summed E-state index contributed by atoms with van der Waals surface area (Å²) in [7, 11) is 1.65. The molecule has 2 rings (SSSR count). The largest absolute Gasteiger partial charge is 0.493 e. The van der Waals surface area contributed by atoms with Gasteiger partial charge in [-0.2, -0.15) is 0 Å². The number of hydrogen-bond donors (Lipinski definition) is 1. The Morgan fingerprint density at radius 2 is 1.80 bits per heavy atom. The van der Waals surface area contributed by atoms with Crippen LogP contribution in [-0.4, -0.2) is 13.7 Å². The Labute approximate surface area is 120 Å². The molecular weight excluding hydrogens is 250 g/mol. The van der Waals surface area contributed by atoms with E-state index in [1.54, 1.807) is 7.11 Å². The van der Waals surface area contributed by atoms with Gasteiger partial charge >= 0.3 is 0 Å². The predicted molar refractivity (Wildman–Crippen MR) is 81.2 cm³/mol. The van der Waals surface area contributed by atoms with Gasteiger partial charge in [0.1, 0.15) is 6.61 Å². The van der Waals surface area contributed by atoms with Crippen LogP contribution in [0.2, 0.25) is 0 Å². The van der Waals surface area contributed by atoms with Crippen LogP contribution in [0.5, 0.6) is 11.5 Å². The summed E-state index contributed by atoms with van der Waals surface area (Å²) in [5, 5.41) is 0. The van der Waals surface area contributed by atoms with Crippen LogP contribution in [0.1, 0.15) is 24.0 Å². The quantitative estimate of drug-likeness (QED) is 0.876. The van der Waals surface area contributed by atoms with Crippen LogP contribution in [0.4, 0.5) is 0 Å². The summed E-state index contributed by atoms with van der Waals surface area (Å²) in [6, 6.07) is 16.1. The molecule has 0 heterocycles. The first-order valence-corrected chi connectivity index (χ1v) is 6.79. The van der Waals surface area contributed by atoms with E-state index < -0.39 is 0 Å². The van der Waals surface area contributed by atoms with Crippen molar-refractivity contribution in [2.75, 3.05) is 13.7 Å². The van der Waals surface area contributed by atoms with E-state index >= 15 is 0 Å². The minimum atomic E-state index is 0.312. The van der Waals surface area contributed by atoms with Crippen LogP contribution >= 0.6 is 0 Å². The molecule has 0 aliphatic rings. The lowest BCUT2D eigenvalue weighted by Crippen LogP contribution is -2.09. The summed E-state index contributed by atoms with van der Waals surface area (Å²) < 4.78 is 11.2. The Balaban J connectivity index is 2.11. The SMILES string of the molecule is COc1cc(C(C)CN)ccc1OCc1ccccc1. The number of nitrogens with two attached hydrogens (primary N) is 1. The lowest BCUT2D eigenvalue weighted by molar-refractivity contribution is 0.284. The summed E-state index contributed by atoms with van der Waals surface area (Å²) in [6.45, 7) is 3.25. The van der Waals surface area contributed by atoms with Crippen LogP contribution in [-0.2, 0) is 6.61 Å². The predicted octanol–water partition coefficient (Wildman–Crippen LogP) is 3.34. The van der Waals surface area contributed by atoms with Gasteiger partial charge in [0, 0.05) is 0 Å². The normalized spacial score (nSPS) is 11.9. The van der Waals surface area contributed by atoms with Gasteiger partial charge in [0.25, 0.3) is 0 Å². The summed E-state index contributed by atoms with van der Waals surface area (Å²) in [4.78, 5) is 0. The van der Waals surface area contributed by atoms with E-state index in [1.165, 1.54) is 0 Å². The van der Waals surface area contributed by atoms with E-state index in [4.69, 9.17) is 15.2 Å². The lowest BCUT2D eigenvalue weighted by atomic mass is 10.0. The molecule has 0 amide bonds. The summed E-state index contributed by atoms with van der Waals surface area (Å²) >= 11 is 0. The molecule has 1 unspecified atom stereocenters. The minimum absolute atomic E-state index is 0.312. The van der Waals surface area contributed by atoms with Crippen molar-refractivity contribution in [3.8, 4) is 11.5 Å². The molecule has 0 aliphatic carbocycles. The van der Waals surface area contributed by atoms with Crippen molar-refractivity contribution in [3.63, 3.8) is 0 Å². The molecule has 20 heavy (non-hydrogen) atoms. The molecule has 2 aromatic carbocycles. The summed E-state index contributed by atoms with van der Waals surface area (Å²) in [5.41, 5.74) is 7.99. The molecule has 0 fully saturated rings. The standard InChI is InChI=1S/C17H21NO2/c1-13(11-18)15-8-9-16(17(10-15)19-2)20-12-14-6-4-3-5-7-14/h3-10,13H,11-12,18H2,1-2H3. The molecule has 0 spiro atoms. The maximum atomic E-state index is 5.83. The van der Waals surface area contributed by atoms with E-state index in [-0.39, 0.29) is 0 Å². The number of methoxy groups -OCH3 is 1. The second-order valence-electron chi connectivity index (χ2n) is 4.82. The Hall–Kier alpha value is -2.00. The molecule has 2 aromatic rings. The number of hydrogen-bond acceptors (Lipinski definition) is 3. The number of rotatable bonds is 6. The highest BCUT2D eigenvalue weighted by molar-refractivity contribution is 5.44. The van der Waals surface area contributed by atoms with Crippen molar-refractivity contribution >= 4 is 0 Å². The molecule has 2 N–H and O–H groups in total. The average molecular weight is 271 g/mol. The second kappa shape index (κ2) is 6.96. The lowest BCUT2D eigenvalue weighted by Gasteiger charge is -2.14. The zero-order valence-corrected chi connectivity index (χ0v) is 12.0. The Bertz CT molecular complexity index is 540. The van der Waals surface area contributed by atoms with Crippen molar-refractivity contribution in [3.05, 3.63) is 59.7 Å². The first-order valence-electron chi connectivity index (χ1n) is 6.79. The first kappa shape index (κ1) is 14.4. The maximum absolute atomic E-state index is 5.83. The highest BCUT2D eigenvalue weighted by Gasteiger charge is 2.09. The van der Waals surface area contributed by atoms with Gasteiger partial charge in [0.15, 0.2) is 11.5 Å². The molecule has 0 aromatic heterocycles. The second-order valence-corrected chi connectivity index (χ2v) is 4.82. The van der Waals surface area contributed by atoms with Gasteiger partial charge < -0.3 is 15.2 Å². The van der Waals surface area contributed by atoms with Gasteiger partial charge in [-0.1, -0.05) is 43.3 Å². The molecule has 0 bridgehead atoms. The van der Waals surface area contributed by atoms with Crippen molar-refractivity contribution in [2.24, 2.45) is 5.73 Å². The third-order valence-electron chi connectivity index (χ3n) is 3.35. The van der Waals surface area contributed by atoms with Crippen LogP contribution in [0.25, 0.3) is 0 Å². The summed E-state index contributed by atoms with van der Waals surface area (Å²) in [5.74, 6) is 1.81. The van der Waals surface area contributed by atoms with Gasteiger partial charge in [0.2, 0.25) is 0 Å². The third-order valence-corrected chi connectivity index (χ3v) is 3.35. The molecular formula is C17H21NO2. The molecule has 1 atom stereocenters. The molecule has 3 heteroatoms. The van der Waals surface area contributed by atoms with Crippen LogP contribution in [0, 0.1) is 0 Å². The van der Waals surface area contributed by atoms with Gasteiger partial charge in [-0.15, -0.1) is 0 Å². The smallest absolute Gasteiger partial charge is 0.161 e. The van der Waals surface area contributed by atoms with Crippen LogP contribution < -0.4 is 15.2 Å². The van der Waals surface area contributed by atoms with E-state index in [2.05, 4.69) is 6.92 Å². The zero-order valence-electron chi connectivity index (χ0n) is 12.0. The Morgan fingerprint density at radius 3 is 2.45 bits per heavy atom.